The molecule has 4 amide bonds. The molecule has 14 rings (SSSR count). The van der Waals surface area contributed by atoms with Gasteiger partial charge in [0.15, 0.2) is 40.0 Å². The van der Waals surface area contributed by atoms with Crippen LogP contribution in [0, 0.1) is 25.2 Å². The predicted molar refractivity (Wildman–Crippen MR) is 314 cm³/mol. The molecule has 22 nitrogen and oxygen atoms in total. The SMILES string of the molecule is COc1cc2c(cc1OC(=O)CCCC[C@H]1CC3NC(=O)NC3S1)CCN[C@]21CS[C@@H]2c3c(OC(C)=O)c(C)c4c(c3[C@@H](COC1=O)N1C2[C@@H]2c3c(cc(C)c(OC)c3OC(=O)CCCCC3SCC5NC(=O)NC53)C[C@H]([C@@H]1C#N)N2C)OCO4. The van der Waals surface area contributed by atoms with Crippen molar-refractivity contribution in [2.75, 3.05) is 52.7 Å². The lowest BCUT2D eigenvalue weighted by atomic mass is 9.71. The number of carbonyl (C=O) groups excluding carboxylic acids is 6. The molecule has 25 heteroatoms. The first kappa shape index (κ1) is 57.8. The van der Waals surface area contributed by atoms with Crippen LogP contribution < -0.4 is 59.7 Å². The smallest absolute Gasteiger partial charge is 0.331 e. The van der Waals surface area contributed by atoms with Gasteiger partial charge in [0.05, 0.1) is 61.1 Å². The van der Waals surface area contributed by atoms with Crippen molar-refractivity contribution in [3.63, 3.8) is 0 Å². The van der Waals surface area contributed by atoms with E-state index in [1.807, 2.05) is 32.7 Å². The maximum atomic E-state index is 15.5. The minimum Gasteiger partial charge on any atom is -0.493 e. The summed E-state index contributed by atoms with van der Waals surface area (Å²) in [6.45, 7) is 5.09. The summed E-state index contributed by atoms with van der Waals surface area (Å²) in [6.07, 6.45) is 6.64. The van der Waals surface area contributed by atoms with Crippen molar-refractivity contribution >= 4 is 71.2 Å². The van der Waals surface area contributed by atoms with Crippen molar-refractivity contribution in [3.8, 4) is 46.3 Å². The number of likely N-dealkylation sites (N-methyl/N-ethyl adjacent to an activating group) is 1. The van der Waals surface area contributed by atoms with E-state index < -0.39 is 64.9 Å². The zero-order chi connectivity index (χ0) is 59.2. The van der Waals surface area contributed by atoms with E-state index in [0.717, 1.165) is 60.1 Å². The quantitative estimate of drug-likeness (QED) is 0.0492. The fourth-order valence-electron chi connectivity index (χ4n) is 15.1. The fourth-order valence-corrected chi connectivity index (χ4v) is 19.9. The Bertz CT molecular complexity index is 3310. The first-order valence-electron chi connectivity index (χ1n) is 29.4. The van der Waals surface area contributed by atoms with E-state index in [4.69, 9.17) is 37.9 Å². The van der Waals surface area contributed by atoms with Gasteiger partial charge in [0.1, 0.15) is 18.4 Å². The van der Waals surface area contributed by atoms with Gasteiger partial charge in [-0.1, -0.05) is 18.9 Å². The molecule has 1 spiro atoms. The number of unbranched alkanes of at least 4 members (excludes halogenated alkanes) is 2. The number of hydrogen-bond donors (Lipinski definition) is 5. The lowest BCUT2D eigenvalue weighted by molar-refractivity contribution is -0.157. The third-order valence-electron chi connectivity index (χ3n) is 18.9. The molecule has 5 N–H and O–H groups in total. The fraction of sp³-hybridized carbons (Fsp3) is 0.583. The van der Waals surface area contributed by atoms with Crippen LogP contribution in [0.5, 0.6) is 40.2 Å². The Morgan fingerprint density at radius 2 is 1.58 bits per heavy atom. The molecule has 0 radical (unpaired) electrons. The van der Waals surface area contributed by atoms with Crippen molar-refractivity contribution in [3.05, 3.63) is 62.7 Å². The van der Waals surface area contributed by atoms with E-state index in [1.54, 1.807) is 31.0 Å². The second kappa shape index (κ2) is 23.1. The summed E-state index contributed by atoms with van der Waals surface area (Å²) in [5.41, 5.74) is 4.05. The highest BCUT2D eigenvalue weighted by Gasteiger charge is 2.62. The van der Waals surface area contributed by atoms with Crippen LogP contribution in [0.4, 0.5) is 9.59 Å². The standard InChI is InChI=1S/C60H70N8O14S3/c1-27-17-31-18-36-37(22-61)68-38-23-77-57(72)60(33-21-39(75-5)40(19-30(33)15-16-62-60)81-42(70)13-9-7-11-32-20-34-56(85-32)66-59(74)63-34)25-84-55(46-45(38)53-52(78-26-79-53)28(2)51(46)80-29(3)69)49(68)48(67(36)4)44(31)54(50(27)76-6)82-43(71)14-10-8-12-41-47-35(24-83-41)64-58(73)65-47/h17,19,21,32,34-38,41,47-49,55-56,62H,7-16,18,20,23-26H2,1-6H3,(H2,63,66,74)(H2,64,65,73)/t32-,34?,35?,36+,37-,38+,41?,47?,48-,49?,55+,56?,60+/m0/s1. The van der Waals surface area contributed by atoms with Crippen LogP contribution in [0.25, 0.3) is 0 Å². The largest absolute Gasteiger partial charge is 0.493 e. The summed E-state index contributed by atoms with van der Waals surface area (Å²) < 4.78 is 50.3. The van der Waals surface area contributed by atoms with E-state index in [9.17, 15) is 29.2 Å². The second-order valence-corrected chi connectivity index (χ2v) is 27.6. The molecule has 13 atom stereocenters. The summed E-state index contributed by atoms with van der Waals surface area (Å²) in [4.78, 5) is 85.0. The number of benzene rings is 3. The van der Waals surface area contributed by atoms with Crippen molar-refractivity contribution in [2.24, 2.45) is 0 Å². The Hall–Kier alpha value is -6.30. The number of nitriles is 1. The summed E-state index contributed by atoms with van der Waals surface area (Å²) in [7, 11) is 5.05. The second-order valence-electron chi connectivity index (χ2n) is 23.8. The highest BCUT2D eigenvalue weighted by molar-refractivity contribution is 8.01. The molecule has 3 aromatic rings. The normalized spacial score (nSPS) is 30.9. The Balaban J connectivity index is 0.848. The lowest BCUT2D eigenvalue weighted by Crippen LogP contribution is -2.69. The summed E-state index contributed by atoms with van der Waals surface area (Å²) in [6, 6.07) is 5.05. The van der Waals surface area contributed by atoms with Gasteiger partial charge in [-0.25, -0.2) is 14.4 Å². The number of fused-ring (bicyclic) bond motifs is 11. The van der Waals surface area contributed by atoms with E-state index in [1.165, 1.54) is 25.8 Å². The molecule has 4 bridgehead atoms. The minimum atomic E-state index is -1.50. The van der Waals surface area contributed by atoms with E-state index >= 15 is 4.79 Å². The number of esters is 4. The molecule has 11 aliphatic heterocycles. The molecule has 6 saturated heterocycles. The van der Waals surface area contributed by atoms with Crippen LogP contribution in [0.15, 0.2) is 18.2 Å². The molecule has 0 aromatic heterocycles. The zero-order valence-corrected chi connectivity index (χ0v) is 50.7. The molecule has 0 saturated carbocycles. The number of urea groups is 2. The first-order valence-corrected chi connectivity index (χ1v) is 32.4. The molecule has 452 valence electrons. The Morgan fingerprint density at radius 1 is 0.812 bits per heavy atom. The van der Waals surface area contributed by atoms with Gasteiger partial charge < -0.3 is 59.2 Å². The third-order valence-corrected chi connectivity index (χ3v) is 23.4. The van der Waals surface area contributed by atoms with Gasteiger partial charge in [-0.15, -0.1) is 23.5 Å². The number of methoxy groups -OCH3 is 2. The Morgan fingerprint density at radius 3 is 2.34 bits per heavy atom. The average molecular weight is 1220 g/mol. The lowest BCUT2D eigenvalue weighted by Gasteiger charge is -2.62. The van der Waals surface area contributed by atoms with Gasteiger partial charge in [-0.2, -0.15) is 17.0 Å². The van der Waals surface area contributed by atoms with Crippen LogP contribution in [-0.2, 0) is 42.3 Å². The summed E-state index contributed by atoms with van der Waals surface area (Å²) in [5.74, 6) is 1.28. The molecule has 3 aromatic carbocycles. The number of nitrogens with zero attached hydrogens (tertiary/aromatic N) is 3. The molecular weight excluding hydrogens is 1150 g/mol. The molecule has 6 unspecified atom stereocenters. The van der Waals surface area contributed by atoms with Gasteiger partial charge in [-0.3, -0.25) is 29.5 Å². The summed E-state index contributed by atoms with van der Waals surface area (Å²) >= 11 is 5.06. The van der Waals surface area contributed by atoms with E-state index in [-0.39, 0.29) is 90.1 Å². The molecule has 11 heterocycles. The number of amides is 4. The number of carbonyl (C=O) groups is 6. The van der Waals surface area contributed by atoms with Crippen molar-refractivity contribution < 1.29 is 66.7 Å². The van der Waals surface area contributed by atoms with Crippen LogP contribution >= 0.6 is 35.3 Å². The minimum absolute atomic E-state index is 0.0586. The van der Waals surface area contributed by atoms with Crippen molar-refractivity contribution in [2.45, 2.75) is 166 Å². The molecule has 11 aliphatic rings. The average Bonchev–Trinajstić information content (AvgIpc) is 1.32. The number of ether oxygens (including phenoxy) is 8. The highest BCUT2D eigenvalue weighted by Crippen LogP contribution is 2.65. The van der Waals surface area contributed by atoms with Crippen LogP contribution in [0.1, 0.15) is 127 Å². The third kappa shape index (κ3) is 10.0. The highest BCUT2D eigenvalue weighted by atomic mass is 32.2. The van der Waals surface area contributed by atoms with Gasteiger partial charge in [0.25, 0.3) is 0 Å². The monoisotopic (exact) mass is 1220 g/mol. The number of rotatable bonds is 15. The Kier molecular flexibility index (Phi) is 15.7. The maximum Gasteiger partial charge on any atom is 0.331 e. The van der Waals surface area contributed by atoms with Gasteiger partial charge in [0, 0.05) is 82.7 Å². The number of thioether (sulfide) groups is 3. The van der Waals surface area contributed by atoms with Crippen LogP contribution in [0.3, 0.4) is 0 Å². The molecule has 0 aliphatic carbocycles. The van der Waals surface area contributed by atoms with Gasteiger partial charge >= 0.3 is 35.9 Å². The molecule has 85 heavy (non-hydrogen) atoms. The summed E-state index contributed by atoms with van der Waals surface area (Å²) in [5, 5.41) is 27.2. The molecule has 6 fully saturated rings. The van der Waals surface area contributed by atoms with Crippen molar-refractivity contribution in [1.82, 2.24) is 36.4 Å². The molecular formula is C60H70N8O14S3. The van der Waals surface area contributed by atoms with Gasteiger partial charge in [-0.05, 0) is 100 Å². The number of aryl methyl sites for hydroxylation is 1. The Labute approximate surface area is 505 Å². The number of hydrogen-bond acceptors (Lipinski definition) is 21. The van der Waals surface area contributed by atoms with Crippen LogP contribution in [0.2, 0.25) is 0 Å². The first-order chi connectivity index (χ1) is 41.1. The van der Waals surface area contributed by atoms with Crippen molar-refractivity contribution in [1.29, 1.82) is 5.26 Å². The number of nitrogens with one attached hydrogen (secondary N) is 5. The van der Waals surface area contributed by atoms with Crippen LogP contribution in [-0.4, -0.2) is 151 Å². The van der Waals surface area contributed by atoms with E-state index in [2.05, 4.69) is 48.5 Å². The topological polar surface area (TPSA) is 267 Å². The van der Waals surface area contributed by atoms with E-state index in [0.29, 0.717) is 82.7 Å². The predicted octanol–water partition coefficient (Wildman–Crippen LogP) is 6.19. The van der Waals surface area contributed by atoms with Gasteiger partial charge in [0.2, 0.25) is 6.79 Å². The zero-order valence-electron chi connectivity index (χ0n) is 48.3. The maximum absolute atomic E-state index is 15.5. The number of piperazine rings is 1.